The molecule has 0 fully saturated rings. The fourth-order valence-electron chi connectivity index (χ4n) is 1.26. The third kappa shape index (κ3) is 4.78. The maximum absolute atomic E-state index is 5.15. The number of thiocarbonyl (C=S) groups is 1. The van der Waals surface area contributed by atoms with E-state index < -0.39 is 0 Å². The van der Waals surface area contributed by atoms with Crippen molar-refractivity contribution in [2.75, 3.05) is 0 Å². The average Bonchev–Trinajstić information content (AvgIpc) is 2.53. The van der Waals surface area contributed by atoms with Crippen molar-refractivity contribution in [2.24, 2.45) is 0 Å². The quantitative estimate of drug-likeness (QED) is 0.756. The zero-order valence-electron chi connectivity index (χ0n) is 9.40. The summed E-state index contributed by atoms with van der Waals surface area (Å²) in [4.78, 5) is 0. The summed E-state index contributed by atoms with van der Waals surface area (Å²) >= 11 is 5.15. The minimum atomic E-state index is 0.267. The third-order valence-corrected chi connectivity index (χ3v) is 2.05. The lowest BCUT2D eigenvalue weighted by Crippen LogP contribution is -2.44. The van der Waals surface area contributed by atoms with Gasteiger partial charge in [0, 0.05) is 24.5 Å². The van der Waals surface area contributed by atoms with Gasteiger partial charge in [-0.3, -0.25) is 4.68 Å². The van der Waals surface area contributed by atoms with Gasteiger partial charge in [0.15, 0.2) is 5.11 Å². The van der Waals surface area contributed by atoms with E-state index >= 15 is 0 Å². The van der Waals surface area contributed by atoms with Gasteiger partial charge in [-0.1, -0.05) is 0 Å². The first-order valence-corrected chi connectivity index (χ1v) is 5.53. The second-order valence-electron chi connectivity index (χ2n) is 3.90. The molecule has 5 heteroatoms. The minimum Gasteiger partial charge on any atom is -0.361 e. The first-order chi connectivity index (χ1) is 7.08. The van der Waals surface area contributed by atoms with E-state index in [-0.39, 0.29) is 6.04 Å². The molecule has 0 amide bonds. The van der Waals surface area contributed by atoms with Crippen LogP contribution >= 0.6 is 12.2 Å². The summed E-state index contributed by atoms with van der Waals surface area (Å²) in [6, 6.07) is 2.54. The van der Waals surface area contributed by atoms with Crippen LogP contribution in [0, 0.1) is 0 Å². The Morgan fingerprint density at radius 2 is 2.13 bits per heavy atom. The summed E-state index contributed by atoms with van der Waals surface area (Å²) in [6.45, 7) is 7.02. The van der Waals surface area contributed by atoms with Gasteiger partial charge < -0.3 is 10.6 Å². The largest absolute Gasteiger partial charge is 0.361 e. The number of hydrogen-bond donors (Lipinski definition) is 2. The SMILES string of the molecule is CC(C)NC(=S)NC(C)Cn1cccn1. The van der Waals surface area contributed by atoms with Crippen LogP contribution in [0.5, 0.6) is 0 Å². The van der Waals surface area contributed by atoms with E-state index in [1.54, 1.807) is 6.20 Å². The Labute approximate surface area is 96.1 Å². The molecular formula is C10H18N4S. The van der Waals surface area contributed by atoms with Crippen molar-refractivity contribution < 1.29 is 0 Å². The van der Waals surface area contributed by atoms with Gasteiger partial charge in [-0.25, -0.2) is 0 Å². The molecule has 1 atom stereocenters. The molecule has 4 nitrogen and oxygen atoms in total. The van der Waals surface area contributed by atoms with Crippen LogP contribution in [0.4, 0.5) is 0 Å². The predicted molar refractivity (Wildman–Crippen MR) is 65.7 cm³/mol. The maximum atomic E-state index is 5.15. The average molecular weight is 226 g/mol. The second-order valence-corrected chi connectivity index (χ2v) is 4.31. The van der Waals surface area contributed by atoms with Crippen molar-refractivity contribution in [3.63, 3.8) is 0 Å². The van der Waals surface area contributed by atoms with Gasteiger partial charge in [0.05, 0.1) is 6.54 Å². The number of nitrogens with zero attached hydrogens (tertiary/aromatic N) is 2. The Kier molecular flexibility index (Phi) is 4.55. The van der Waals surface area contributed by atoms with Crippen LogP contribution in [0.25, 0.3) is 0 Å². The molecule has 15 heavy (non-hydrogen) atoms. The van der Waals surface area contributed by atoms with Gasteiger partial charge >= 0.3 is 0 Å². The topological polar surface area (TPSA) is 41.9 Å². The van der Waals surface area contributed by atoms with Gasteiger partial charge in [0.1, 0.15) is 0 Å². The molecule has 1 rings (SSSR count). The number of nitrogens with one attached hydrogen (secondary N) is 2. The summed E-state index contributed by atoms with van der Waals surface area (Å²) in [5.41, 5.74) is 0. The number of rotatable bonds is 4. The first-order valence-electron chi connectivity index (χ1n) is 5.12. The van der Waals surface area contributed by atoms with Crippen molar-refractivity contribution in [3.05, 3.63) is 18.5 Å². The highest BCUT2D eigenvalue weighted by Crippen LogP contribution is 1.90. The molecule has 0 aliphatic heterocycles. The molecule has 84 valence electrons. The standard InChI is InChI=1S/C10H18N4S/c1-8(2)12-10(15)13-9(3)7-14-6-4-5-11-14/h4-6,8-9H,7H2,1-3H3,(H2,12,13,15). The lowest BCUT2D eigenvalue weighted by Gasteiger charge is -2.18. The van der Waals surface area contributed by atoms with Crippen LogP contribution in [0.15, 0.2) is 18.5 Å². The summed E-state index contributed by atoms with van der Waals surface area (Å²) in [6.07, 6.45) is 3.72. The molecule has 0 aliphatic rings. The molecular weight excluding hydrogens is 208 g/mol. The van der Waals surface area contributed by atoms with Crippen molar-refractivity contribution in [1.29, 1.82) is 0 Å². The number of hydrogen-bond acceptors (Lipinski definition) is 2. The zero-order valence-corrected chi connectivity index (χ0v) is 10.2. The smallest absolute Gasteiger partial charge is 0.166 e. The highest BCUT2D eigenvalue weighted by atomic mass is 32.1. The van der Waals surface area contributed by atoms with E-state index in [0.717, 1.165) is 6.54 Å². The highest BCUT2D eigenvalue weighted by molar-refractivity contribution is 7.80. The van der Waals surface area contributed by atoms with Crippen LogP contribution in [0.3, 0.4) is 0 Å². The summed E-state index contributed by atoms with van der Waals surface area (Å²) in [7, 11) is 0. The van der Waals surface area contributed by atoms with Gasteiger partial charge in [-0.2, -0.15) is 5.10 Å². The van der Waals surface area contributed by atoms with E-state index in [2.05, 4.69) is 36.5 Å². The van der Waals surface area contributed by atoms with Gasteiger partial charge in [0.25, 0.3) is 0 Å². The van der Waals surface area contributed by atoms with Crippen LogP contribution in [0.1, 0.15) is 20.8 Å². The fourth-order valence-corrected chi connectivity index (χ4v) is 1.70. The van der Waals surface area contributed by atoms with E-state index in [1.165, 1.54) is 0 Å². The Morgan fingerprint density at radius 1 is 1.40 bits per heavy atom. The zero-order chi connectivity index (χ0) is 11.3. The highest BCUT2D eigenvalue weighted by Gasteiger charge is 2.05. The summed E-state index contributed by atoms with van der Waals surface area (Å²) in [5.74, 6) is 0. The molecule has 0 aromatic carbocycles. The fraction of sp³-hybridized carbons (Fsp3) is 0.600. The number of aromatic nitrogens is 2. The molecule has 1 aromatic rings. The van der Waals surface area contributed by atoms with Crippen molar-refractivity contribution >= 4 is 17.3 Å². The third-order valence-electron chi connectivity index (χ3n) is 1.82. The molecule has 1 unspecified atom stereocenters. The molecule has 2 N–H and O–H groups in total. The van der Waals surface area contributed by atoms with E-state index in [0.29, 0.717) is 11.2 Å². The lowest BCUT2D eigenvalue weighted by atomic mass is 10.3. The maximum Gasteiger partial charge on any atom is 0.166 e. The minimum absolute atomic E-state index is 0.267. The van der Waals surface area contributed by atoms with Crippen LogP contribution in [0.2, 0.25) is 0 Å². The molecule has 0 saturated heterocycles. The molecule has 0 saturated carbocycles. The van der Waals surface area contributed by atoms with E-state index in [4.69, 9.17) is 12.2 Å². The Bertz CT molecular complexity index is 294. The van der Waals surface area contributed by atoms with Gasteiger partial charge in [-0.05, 0) is 39.1 Å². The van der Waals surface area contributed by atoms with E-state index in [1.807, 2.05) is 16.9 Å². The van der Waals surface area contributed by atoms with Gasteiger partial charge in [-0.15, -0.1) is 0 Å². The van der Waals surface area contributed by atoms with Crippen LogP contribution in [-0.2, 0) is 6.54 Å². The van der Waals surface area contributed by atoms with Crippen LogP contribution in [-0.4, -0.2) is 27.0 Å². The molecule has 0 bridgehead atoms. The van der Waals surface area contributed by atoms with Crippen LogP contribution < -0.4 is 10.6 Å². The molecule has 1 aromatic heterocycles. The summed E-state index contributed by atoms with van der Waals surface area (Å²) < 4.78 is 1.88. The Balaban J connectivity index is 2.29. The second kappa shape index (κ2) is 5.70. The predicted octanol–water partition coefficient (Wildman–Crippen LogP) is 1.14. The summed E-state index contributed by atoms with van der Waals surface area (Å²) in [5, 5.41) is 11.2. The monoisotopic (exact) mass is 226 g/mol. The van der Waals surface area contributed by atoms with Crippen molar-refractivity contribution in [1.82, 2.24) is 20.4 Å². The molecule has 0 radical (unpaired) electrons. The van der Waals surface area contributed by atoms with Crippen molar-refractivity contribution in [3.8, 4) is 0 Å². The molecule has 1 heterocycles. The van der Waals surface area contributed by atoms with Gasteiger partial charge in [0.2, 0.25) is 0 Å². The Morgan fingerprint density at radius 3 is 2.67 bits per heavy atom. The first kappa shape index (κ1) is 12.0. The van der Waals surface area contributed by atoms with E-state index in [9.17, 15) is 0 Å². The molecule has 0 spiro atoms. The van der Waals surface area contributed by atoms with Crippen molar-refractivity contribution in [2.45, 2.75) is 39.4 Å². The lowest BCUT2D eigenvalue weighted by molar-refractivity contribution is 0.501. The molecule has 0 aliphatic carbocycles. The Hall–Kier alpha value is -1.10. The normalized spacial score (nSPS) is 12.5.